The van der Waals surface area contributed by atoms with Gasteiger partial charge in [0.15, 0.2) is 0 Å². The van der Waals surface area contributed by atoms with Gasteiger partial charge >= 0.3 is 0 Å². The highest BCUT2D eigenvalue weighted by Crippen LogP contribution is 2.23. The summed E-state index contributed by atoms with van der Waals surface area (Å²) in [6.07, 6.45) is 0.978. The van der Waals surface area contributed by atoms with Crippen molar-refractivity contribution in [3.8, 4) is 5.75 Å². The van der Waals surface area contributed by atoms with Crippen LogP contribution in [0.4, 0.5) is 5.69 Å². The number of hydrogen-bond donors (Lipinski definition) is 1. The number of aryl methyl sites for hydroxylation is 1. The Balaban J connectivity index is 1.58. The molecule has 1 aliphatic rings. The lowest BCUT2D eigenvalue weighted by Gasteiger charge is -2.17. The molecule has 5 nitrogen and oxygen atoms in total. The van der Waals surface area contributed by atoms with Crippen molar-refractivity contribution in [2.24, 2.45) is 5.92 Å². The minimum atomic E-state index is -0.306. The number of rotatable bonds is 6. The molecule has 1 saturated heterocycles. The van der Waals surface area contributed by atoms with Gasteiger partial charge < -0.3 is 15.0 Å². The fourth-order valence-electron chi connectivity index (χ4n) is 3.28. The quantitative estimate of drug-likeness (QED) is 0.869. The Bertz CT molecular complexity index is 803. The molecule has 1 fully saturated rings. The van der Waals surface area contributed by atoms with E-state index >= 15 is 0 Å². The molecule has 2 aromatic rings. The predicted octanol–water partition coefficient (Wildman–Crippen LogP) is 3.03. The first kappa shape index (κ1) is 18.0. The Morgan fingerprint density at radius 2 is 1.92 bits per heavy atom. The van der Waals surface area contributed by atoms with Crippen LogP contribution in [0.3, 0.4) is 0 Å². The Hall–Kier alpha value is -2.82. The lowest BCUT2D eigenvalue weighted by atomic mass is 10.1. The molecule has 0 aromatic heterocycles. The number of anilines is 1. The first-order chi connectivity index (χ1) is 12.6. The third kappa shape index (κ3) is 4.04. The average Bonchev–Trinajstić information content (AvgIpc) is 3.03. The van der Waals surface area contributed by atoms with E-state index in [1.807, 2.05) is 55.5 Å². The fourth-order valence-corrected chi connectivity index (χ4v) is 3.28. The monoisotopic (exact) mass is 352 g/mol. The normalized spacial score (nSPS) is 16.6. The number of methoxy groups -OCH3 is 1. The molecular formula is C21H24N2O3. The van der Waals surface area contributed by atoms with Crippen LogP contribution in [0, 0.1) is 12.8 Å². The number of likely N-dealkylation sites (tertiary alicyclic amines) is 1. The summed E-state index contributed by atoms with van der Waals surface area (Å²) in [4.78, 5) is 26.6. The van der Waals surface area contributed by atoms with Gasteiger partial charge in [0.25, 0.3) is 0 Å². The maximum atomic E-state index is 12.5. The van der Waals surface area contributed by atoms with Crippen LogP contribution in [0.2, 0.25) is 0 Å². The molecule has 3 rings (SSSR count). The third-order valence-corrected chi connectivity index (χ3v) is 4.83. The smallest absolute Gasteiger partial charge is 0.229 e. The molecule has 0 radical (unpaired) electrons. The Morgan fingerprint density at radius 3 is 2.69 bits per heavy atom. The van der Waals surface area contributed by atoms with Crippen LogP contribution in [0.25, 0.3) is 0 Å². The number of nitrogens with zero attached hydrogens (tertiary/aromatic N) is 1. The molecule has 136 valence electrons. The second-order valence-corrected chi connectivity index (χ2v) is 6.61. The molecule has 1 heterocycles. The summed E-state index contributed by atoms with van der Waals surface area (Å²) in [7, 11) is 1.64. The number of para-hydroxylation sites is 2. The van der Waals surface area contributed by atoms with E-state index in [-0.39, 0.29) is 24.2 Å². The first-order valence-corrected chi connectivity index (χ1v) is 8.84. The van der Waals surface area contributed by atoms with Crippen molar-refractivity contribution in [2.45, 2.75) is 19.8 Å². The minimum Gasteiger partial charge on any atom is -0.496 e. The zero-order valence-corrected chi connectivity index (χ0v) is 15.2. The standard InChI is InChI=1S/C21H24N2O3/c1-15-7-3-5-9-18(15)22-21(25)17-13-20(24)23(14-17)12-11-16-8-4-6-10-19(16)26-2/h3-10,17H,11-14H2,1-2H3,(H,22,25). The van der Waals surface area contributed by atoms with Crippen molar-refractivity contribution in [3.63, 3.8) is 0 Å². The van der Waals surface area contributed by atoms with Gasteiger partial charge in [0.05, 0.1) is 13.0 Å². The van der Waals surface area contributed by atoms with Crippen LogP contribution < -0.4 is 10.1 Å². The summed E-state index contributed by atoms with van der Waals surface area (Å²) < 4.78 is 5.36. The number of carbonyl (C=O) groups excluding carboxylic acids is 2. The van der Waals surface area contributed by atoms with Gasteiger partial charge in [-0.2, -0.15) is 0 Å². The lowest BCUT2D eigenvalue weighted by Crippen LogP contribution is -2.30. The van der Waals surface area contributed by atoms with Crippen LogP contribution in [0.1, 0.15) is 17.5 Å². The van der Waals surface area contributed by atoms with Crippen molar-refractivity contribution in [1.29, 1.82) is 0 Å². The second-order valence-electron chi connectivity index (χ2n) is 6.61. The molecule has 0 aliphatic carbocycles. The van der Waals surface area contributed by atoms with Crippen LogP contribution in [-0.2, 0) is 16.0 Å². The van der Waals surface area contributed by atoms with Crippen molar-refractivity contribution >= 4 is 17.5 Å². The Morgan fingerprint density at radius 1 is 1.19 bits per heavy atom. The van der Waals surface area contributed by atoms with E-state index < -0.39 is 0 Å². The van der Waals surface area contributed by atoms with Gasteiger partial charge in [0.2, 0.25) is 11.8 Å². The van der Waals surface area contributed by atoms with Crippen molar-refractivity contribution in [2.75, 3.05) is 25.5 Å². The molecule has 1 atom stereocenters. The van der Waals surface area contributed by atoms with Crippen molar-refractivity contribution < 1.29 is 14.3 Å². The number of nitrogens with one attached hydrogen (secondary N) is 1. The molecule has 0 saturated carbocycles. The van der Waals surface area contributed by atoms with Crippen LogP contribution in [0.5, 0.6) is 5.75 Å². The topological polar surface area (TPSA) is 58.6 Å². The van der Waals surface area contributed by atoms with Crippen LogP contribution in [-0.4, -0.2) is 36.9 Å². The minimum absolute atomic E-state index is 0.0323. The SMILES string of the molecule is COc1ccccc1CCN1CC(C(=O)Nc2ccccc2C)CC1=O. The number of benzene rings is 2. The van der Waals surface area contributed by atoms with E-state index in [9.17, 15) is 9.59 Å². The molecule has 5 heteroatoms. The summed E-state index contributed by atoms with van der Waals surface area (Å²) >= 11 is 0. The molecule has 1 unspecified atom stereocenters. The number of amides is 2. The van der Waals surface area contributed by atoms with Crippen LogP contribution >= 0.6 is 0 Å². The van der Waals surface area contributed by atoms with Gasteiger partial charge in [-0.1, -0.05) is 36.4 Å². The van der Waals surface area contributed by atoms with Gasteiger partial charge in [-0.05, 0) is 36.6 Å². The molecule has 1 N–H and O–H groups in total. The zero-order chi connectivity index (χ0) is 18.5. The van der Waals surface area contributed by atoms with Crippen LogP contribution in [0.15, 0.2) is 48.5 Å². The van der Waals surface area contributed by atoms with Gasteiger partial charge in [-0.3, -0.25) is 9.59 Å². The highest BCUT2D eigenvalue weighted by molar-refractivity contribution is 5.97. The highest BCUT2D eigenvalue weighted by Gasteiger charge is 2.34. The first-order valence-electron chi connectivity index (χ1n) is 8.84. The zero-order valence-electron chi connectivity index (χ0n) is 15.2. The number of ether oxygens (including phenoxy) is 1. The third-order valence-electron chi connectivity index (χ3n) is 4.83. The Kier molecular flexibility index (Phi) is 5.56. The second kappa shape index (κ2) is 8.04. The van der Waals surface area contributed by atoms with E-state index in [4.69, 9.17) is 4.74 Å². The number of hydrogen-bond acceptors (Lipinski definition) is 3. The van der Waals surface area contributed by atoms with E-state index in [0.717, 1.165) is 22.6 Å². The van der Waals surface area contributed by atoms with Gasteiger partial charge in [0, 0.05) is 25.2 Å². The molecule has 0 bridgehead atoms. The van der Waals surface area contributed by atoms with Crippen molar-refractivity contribution in [1.82, 2.24) is 4.90 Å². The molecule has 1 aliphatic heterocycles. The summed E-state index contributed by atoms with van der Waals surface area (Å²) in [5.74, 6) is 0.463. The lowest BCUT2D eigenvalue weighted by molar-refractivity contribution is -0.128. The predicted molar refractivity (Wildman–Crippen MR) is 101 cm³/mol. The molecule has 26 heavy (non-hydrogen) atoms. The maximum Gasteiger partial charge on any atom is 0.229 e. The summed E-state index contributed by atoms with van der Waals surface area (Å²) in [6, 6.07) is 15.5. The molecule has 2 amide bonds. The average molecular weight is 352 g/mol. The van der Waals surface area contributed by atoms with E-state index in [1.165, 1.54) is 0 Å². The van der Waals surface area contributed by atoms with Gasteiger partial charge in [-0.15, -0.1) is 0 Å². The Labute approximate surface area is 154 Å². The highest BCUT2D eigenvalue weighted by atomic mass is 16.5. The summed E-state index contributed by atoms with van der Waals surface area (Å²) in [5, 5.41) is 2.95. The summed E-state index contributed by atoms with van der Waals surface area (Å²) in [6.45, 7) is 3.01. The van der Waals surface area contributed by atoms with E-state index in [1.54, 1.807) is 12.0 Å². The maximum absolute atomic E-state index is 12.5. The fraction of sp³-hybridized carbons (Fsp3) is 0.333. The molecule has 0 spiro atoms. The largest absolute Gasteiger partial charge is 0.496 e. The van der Waals surface area contributed by atoms with Gasteiger partial charge in [-0.25, -0.2) is 0 Å². The van der Waals surface area contributed by atoms with Gasteiger partial charge in [0.1, 0.15) is 5.75 Å². The number of carbonyl (C=O) groups is 2. The van der Waals surface area contributed by atoms with E-state index in [0.29, 0.717) is 19.5 Å². The van der Waals surface area contributed by atoms with E-state index in [2.05, 4.69) is 5.32 Å². The molecular weight excluding hydrogens is 328 g/mol. The summed E-state index contributed by atoms with van der Waals surface area (Å²) in [5.41, 5.74) is 2.88. The van der Waals surface area contributed by atoms with Crippen molar-refractivity contribution in [3.05, 3.63) is 59.7 Å². The molecule has 2 aromatic carbocycles.